The predicted molar refractivity (Wildman–Crippen MR) is 109 cm³/mol. The highest BCUT2D eigenvalue weighted by atomic mass is 16.5. The summed E-state index contributed by atoms with van der Waals surface area (Å²) in [5.74, 6) is 1.78. The second-order valence-corrected chi connectivity index (χ2v) is 6.58. The van der Waals surface area contributed by atoms with Crippen LogP contribution in [0.2, 0.25) is 0 Å². The molecule has 0 spiro atoms. The molecule has 1 saturated heterocycles. The van der Waals surface area contributed by atoms with Crippen molar-refractivity contribution >= 4 is 17.6 Å². The molecule has 2 aromatic rings. The van der Waals surface area contributed by atoms with E-state index in [1.165, 1.54) is 0 Å². The quantitative estimate of drug-likeness (QED) is 0.746. The van der Waals surface area contributed by atoms with E-state index in [0.29, 0.717) is 36.0 Å². The predicted octanol–water partition coefficient (Wildman–Crippen LogP) is 2.32. The Balaban J connectivity index is 1.58. The van der Waals surface area contributed by atoms with Crippen molar-refractivity contribution in [1.82, 2.24) is 10.6 Å². The van der Waals surface area contributed by atoms with Crippen LogP contribution in [-0.2, 0) is 11.3 Å². The van der Waals surface area contributed by atoms with E-state index in [0.717, 1.165) is 5.56 Å². The summed E-state index contributed by atoms with van der Waals surface area (Å²) in [4.78, 5) is 26.4. The molecule has 3 rings (SSSR count). The smallest absolute Gasteiger partial charge is 0.315 e. The van der Waals surface area contributed by atoms with Crippen molar-refractivity contribution in [3.63, 3.8) is 0 Å². The second kappa shape index (κ2) is 9.18. The van der Waals surface area contributed by atoms with Gasteiger partial charge < -0.3 is 29.7 Å². The molecule has 1 aliphatic rings. The molecule has 3 amide bonds. The molecule has 0 aromatic heterocycles. The highest BCUT2D eigenvalue weighted by Gasteiger charge is 2.32. The SMILES string of the molecule is COc1ccccc1CNC(=O)N[C@@H]1CC(=O)N(c2ccc(OC)c(OC)c2)C1. The number of rotatable bonds is 7. The van der Waals surface area contributed by atoms with E-state index in [4.69, 9.17) is 14.2 Å². The maximum atomic E-state index is 12.4. The van der Waals surface area contributed by atoms with Gasteiger partial charge in [-0.3, -0.25) is 4.79 Å². The summed E-state index contributed by atoms with van der Waals surface area (Å²) in [5.41, 5.74) is 1.57. The van der Waals surface area contributed by atoms with E-state index < -0.39 is 0 Å². The molecule has 1 atom stereocenters. The summed E-state index contributed by atoms with van der Waals surface area (Å²) >= 11 is 0. The van der Waals surface area contributed by atoms with Crippen molar-refractivity contribution in [1.29, 1.82) is 0 Å². The number of amides is 3. The molecule has 0 unspecified atom stereocenters. The van der Waals surface area contributed by atoms with Crippen molar-refractivity contribution in [2.45, 2.75) is 19.0 Å². The Labute approximate surface area is 169 Å². The molecule has 0 radical (unpaired) electrons. The van der Waals surface area contributed by atoms with E-state index in [9.17, 15) is 9.59 Å². The third-order valence-corrected chi connectivity index (χ3v) is 4.77. The van der Waals surface area contributed by atoms with E-state index in [1.807, 2.05) is 24.3 Å². The van der Waals surface area contributed by atoms with Crippen molar-refractivity contribution in [3.8, 4) is 17.2 Å². The number of carbonyl (C=O) groups is 2. The Morgan fingerprint density at radius 1 is 1.03 bits per heavy atom. The first-order chi connectivity index (χ1) is 14.0. The maximum absolute atomic E-state index is 12.4. The van der Waals surface area contributed by atoms with Gasteiger partial charge in [-0.1, -0.05) is 18.2 Å². The minimum absolute atomic E-state index is 0.0627. The Hall–Kier alpha value is -3.42. The summed E-state index contributed by atoms with van der Waals surface area (Å²) in [6.45, 7) is 0.715. The van der Waals surface area contributed by atoms with E-state index in [-0.39, 0.29) is 24.4 Å². The Morgan fingerprint density at radius 2 is 1.76 bits per heavy atom. The van der Waals surface area contributed by atoms with Crippen LogP contribution in [0.1, 0.15) is 12.0 Å². The van der Waals surface area contributed by atoms with Crippen LogP contribution in [0.5, 0.6) is 17.2 Å². The zero-order valence-corrected chi connectivity index (χ0v) is 16.7. The van der Waals surface area contributed by atoms with Crippen LogP contribution in [0.3, 0.4) is 0 Å². The van der Waals surface area contributed by atoms with Crippen LogP contribution in [0.25, 0.3) is 0 Å². The van der Waals surface area contributed by atoms with Gasteiger partial charge in [0.15, 0.2) is 11.5 Å². The van der Waals surface area contributed by atoms with Crippen LogP contribution in [0, 0.1) is 0 Å². The minimum atomic E-state index is -0.331. The number of methoxy groups -OCH3 is 3. The molecule has 0 bridgehead atoms. The van der Waals surface area contributed by atoms with Crippen LogP contribution >= 0.6 is 0 Å². The highest BCUT2D eigenvalue weighted by Crippen LogP contribution is 2.33. The molecular weight excluding hydrogens is 374 g/mol. The van der Waals surface area contributed by atoms with Crippen LogP contribution in [0.4, 0.5) is 10.5 Å². The number of anilines is 1. The Bertz CT molecular complexity index is 886. The molecule has 0 aliphatic carbocycles. The Kier molecular flexibility index (Phi) is 6.43. The summed E-state index contributed by atoms with van der Waals surface area (Å²) in [6, 6.07) is 12.2. The monoisotopic (exact) mass is 399 g/mol. The van der Waals surface area contributed by atoms with Gasteiger partial charge in [0.1, 0.15) is 5.75 Å². The molecule has 2 aromatic carbocycles. The summed E-state index contributed by atoms with van der Waals surface area (Å²) in [6.07, 6.45) is 0.233. The van der Waals surface area contributed by atoms with Gasteiger partial charge in [-0.25, -0.2) is 4.79 Å². The lowest BCUT2D eigenvalue weighted by atomic mass is 10.2. The third-order valence-electron chi connectivity index (χ3n) is 4.77. The molecular formula is C21H25N3O5. The molecule has 1 heterocycles. The van der Waals surface area contributed by atoms with Gasteiger partial charge in [-0.2, -0.15) is 0 Å². The fraction of sp³-hybridized carbons (Fsp3) is 0.333. The topological polar surface area (TPSA) is 89.1 Å². The van der Waals surface area contributed by atoms with Crippen molar-refractivity contribution < 1.29 is 23.8 Å². The fourth-order valence-corrected chi connectivity index (χ4v) is 3.31. The lowest BCUT2D eigenvalue weighted by molar-refractivity contribution is -0.117. The van der Waals surface area contributed by atoms with Crippen molar-refractivity contribution in [2.75, 3.05) is 32.8 Å². The molecule has 2 N–H and O–H groups in total. The maximum Gasteiger partial charge on any atom is 0.315 e. The summed E-state index contributed by atoms with van der Waals surface area (Å²) in [7, 11) is 4.69. The van der Waals surface area contributed by atoms with Gasteiger partial charge in [0.05, 0.1) is 27.4 Å². The number of hydrogen-bond acceptors (Lipinski definition) is 5. The van der Waals surface area contributed by atoms with Gasteiger partial charge in [0, 0.05) is 36.8 Å². The minimum Gasteiger partial charge on any atom is -0.496 e. The number of benzene rings is 2. The fourth-order valence-electron chi connectivity index (χ4n) is 3.31. The lowest BCUT2D eigenvalue weighted by Crippen LogP contribution is -2.43. The first-order valence-electron chi connectivity index (χ1n) is 9.24. The molecule has 8 heteroatoms. The van der Waals surface area contributed by atoms with Crippen molar-refractivity contribution in [3.05, 3.63) is 48.0 Å². The zero-order chi connectivity index (χ0) is 20.8. The van der Waals surface area contributed by atoms with Crippen LogP contribution in [0.15, 0.2) is 42.5 Å². The third kappa shape index (κ3) is 4.71. The van der Waals surface area contributed by atoms with Crippen LogP contribution in [-0.4, -0.2) is 45.9 Å². The average molecular weight is 399 g/mol. The summed E-state index contributed by atoms with van der Waals surface area (Å²) in [5, 5.41) is 5.67. The number of para-hydroxylation sites is 1. The highest BCUT2D eigenvalue weighted by molar-refractivity contribution is 5.97. The van der Waals surface area contributed by atoms with E-state index in [1.54, 1.807) is 44.4 Å². The standard InChI is InChI=1S/C21H25N3O5/c1-27-17-7-5-4-6-14(17)12-22-21(26)23-15-10-20(25)24(13-15)16-8-9-18(28-2)19(11-16)29-3/h4-9,11,15H,10,12-13H2,1-3H3,(H2,22,23,26)/t15-/m1/s1. The molecule has 154 valence electrons. The largest absolute Gasteiger partial charge is 0.496 e. The van der Waals surface area contributed by atoms with E-state index >= 15 is 0 Å². The van der Waals surface area contributed by atoms with Gasteiger partial charge in [-0.15, -0.1) is 0 Å². The van der Waals surface area contributed by atoms with Gasteiger partial charge >= 0.3 is 6.03 Å². The normalized spacial score (nSPS) is 15.8. The van der Waals surface area contributed by atoms with Crippen molar-refractivity contribution in [2.24, 2.45) is 0 Å². The van der Waals surface area contributed by atoms with Gasteiger partial charge in [0.2, 0.25) is 5.91 Å². The molecule has 29 heavy (non-hydrogen) atoms. The number of hydrogen-bond donors (Lipinski definition) is 2. The lowest BCUT2D eigenvalue weighted by Gasteiger charge is -2.19. The molecule has 1 fully saturated rings. The molecule has 0 saturated carbocycles. The van der Waals surface area contributed by atoms with Gasteiger partial charge in [-0.05, 0) is 18.2 Å². The number of ether oxygens (including phenoxy) is 3. The number of carbonyl (C=O) groups excluding carboxylic acids is 2. The summed E-state index contributed by atoms with van der Waals surface area (Å²) < 4.78 is 15.8. The number of nitrogens with one attached hydrogen (secondary N) is 2. The first-order valence-corrected chi connectivity index (χ1v) is 9.24. The molecule has 8 nitrogen and oxygen atoms in total. The molecule has 1 aliphatic heterocycles. The zero-order valence-electron chi connectivity index (χ0n) is 16.7. The van der Waals surface area contributed by atoms with Crippen LogP contribution < -0.4 is 29.7 Å². The first kappa shape index (κ1) is 20.3. The second-order valence-electron chi connectivity index (χ2n) is 6.58. The number of nitrogens with zero attached hydrogens (tertiary/aromatic N) is 1. The van der Waals surface area contributed by atoms with E-state index in [2.05, 4.69) is 10.6 Å². The average Bonchev–Trinajstić information content (AvgIpc) is 3.11. The number of urea groups is 1. The van der Waals surface area contributed by atoms with Gasteiger partial charge in [0.25, 0.3) is 0 Å². The Morgan fingerprint density at radius 3 is 2.48 bits per heavy atom.